The molecule has 0 unspecified atom stereocenters. The van der Waals surface area contributed by atoms with Crippen LogP contribution in [0.3, 0.4) is 0 Å². The zero-order chi connectivity index (χ0) is 23.7. The predicted molar refractivity (Wildman–Crippen MR) is 125 cm³/mol. The van der Waals surface area contributed by atoms with E-state index in [1.54, 1.807) is 19.1 Å². The fourth-order valence-corrected chi connectivity index (χ4v) is 3.63. The third-order valence-corrected chi connectivity index (χ3v) is 5.69. The average Bonchev–Trinajstić information content (AvgIpc) is 2.77. The minimum absolute atomic E-state index is 0.0551. The summed E-state index contributed by atoms with van der Waals surface area (Å²) in [5, 5.41) is 13.4. The molecule has 0 radical (unpaired) electrons. The number of hydrazone groups is 1. The molecule has 2 rings (SSSR count). The predicted octanol–water partition coefficient (Wildman–Crippen LogP) is 3.87. The van der Waals surface area contributed by atoms with Crippen LogP contribution in [-0.4, -0.2) is 44.5 Å². The zero-order valence-electron chi connectivity index (χ0n) is 18.0. The first-order valence-corrected chi connectivity index (χ1v) is 11.0. The molecule has 0 aliphatic carbocycles. The Morgan fingerprint density at radius 1 is 1.31 bits per heavy atom. The normalized spacial score (nSPS) is 10.7. The molecule has 2 aromatic rings. The van der Waals surface area contributed by atoms with Gasteiger partial charge in [-0.05, 0) is 63.4 Å². The zero-order valence-corrected chi connectivity index (χ0v) is 21.2. The van der Waals surface area contributed by atoms with E-state index in [9.17, 15) is 10.1 Å². The van der Waals surface area contributed by atoms with Crippen molar-refractivity contribution in [1.82, 2.24) is 10.4 Å². The van der Waals surface area contributed by atoms with Gasteiger partial charge in [0.2, 0.25) is 5.88 Å². The number of pyridine rings is 1. The average molecular weight is 570 g/mol. The first-order valence-electron chi connectivity index (χ1n) is 9.39. The second-order valence-corrected chi connectivity index (χ2v) is 7.91. The Morgan fingerprint density at radius 3 is 2.69 bits per heavy atom. The van der Waals surface area contributed by atoms with Gasteiger partial charge in [-0.15, -0.1) is 0 Å². The molecule has 0 bridgehead atoms. The van der Waals surface area contributed by atoms with E-state index in [1.165, 1.54) is 20.4 Å². The number of carbonyl (C=O) groups is 1. The SMILES string of the molecule is CCOc1c(Br)cc(C=NNC(=O)COc2nc(C)c(Br)c(COC)c2C#N)cc1OC. The lowest BCUT2D eigenvalue weighted by atomic mass is 10.1. The molecular weight excluding hydrogens is 548 g/mol. The molecule has 0 saturated carbocycles. The molecule has 9 nitrogen and oxygen atoms in total. The van der Waals surface area contributed by atoms with Gasteiger partial charge in [0.05, 0.1) is 36.7 Å². The van der Waals surface area contributed by atoms with Crippen molar-refractivity contribution in [2.75, 3.05) is 27.4 Å². The highest BCUT2D eigenvalue weighted by Gasteiger charge is 2.18. The van der Waals surface area contributed by atoms with Crippen molar-refractivity contribution in [3.63, 3.8) is 0 Å². The van der Waals surface area contributed by atoms with E-state index in [0.29, 0.717) is 43.9 Å². The van der Waals surface area contributed by atoms with Gasteiger partial charge in [0.1, 0.15) is 11.6 Å². The molecule has 0 spiro atoms. The van der Waals surface area contributed by atoms with E-state index in [-0.39, 0.29) is 24.7 Å². The third-order valence-electron chi connectivity index (χ3n) is 4.05. The second kappa shape index (κ2) is 12.4. The summed E-state index contributed by atoms with van der Waals surface area (Å²) in [6, 6.07) is 5.56. The minimum atomic E-state index is -0.516. The van der Waals surface area contributed by atoms with Crippen LogP contribution in [0.1, 0.15) is 29.3 Å². The second-order valence-electron chi connectivity index (χ2n) is 6.26. The van der Waals surface area contributed by atoms with Crippen LogP contribution in [0.4, 0.5) is 0 Å². The Labute approximate surface area is 203 Å². The van der Waals surface area contributed by atoms with Crippen LogP contribution in [0, 0.1) is 18.3 Å². The molecule has 1 aromatic carbocycles. The molecule has 32 heavy (non-hydrogen) atoms. The maximum absolute atomic E-state index is 12.1. The molecule has 11 heteroatoms. The van der Waals surface area contributed by atoms with Crippen molar-refractivity contribution in [3.05, 3.63) is 43.5 Å². The molecule has 1 heterocycles. The van der Waals surface area contributed by atoms with Crippen molar-refractivity contribution in [3.8, 4) is 23.4 Å². The Kier molecular flexibility index (Phi) is 9.90. The fourth-order valence-electron chi connectivity index (χ4n) is 2.66. The lowest BCUT2D eigenvalue weighted by Crippen LogP contribution is -2.25. The van der Waals surface area contributed by atoms with E-state index in [2.05, 4.69) is 47.4 Å². The van der Waals surface area contributed by atoms with Crippen LogP contribution in [0.25, 0.3) is 0 Å². The number of aromatic nitrogens is 1. The maximum atomic E-state index is 12.1. The number of nitrogens with zero attached hydrogens (tertiary/aromatic N) is 3. The molecule has 1 aromatic heterocycles. The van der Waals surface area contributed by atoms with Gasteiger partial charge < -0.3 is 18.9 Å². The molecule has 170 valence electrons. The number of nitriles is 1. The van der Waals surface area contributed by atoms with E-state index < -0.39 is 5.91 Å². The van der Waals surface area contributed by atoms with Crippen LogP contribution in [0.2, 0.25) is 0 Å². The number of carbonyl (C=O) groups excluding carboxylic acids is 1. The summed E-state index contributed by atoms with van der Waals surface area (Å²) in [4.78, 5) is 16.4. The van der Waals surface area contributed by atoms with Crippen molar-refractivity contribution in [1.29, 1.82) is 5.26 Å². The number of aryl methyl sites for hydroxylation is 1. The van der Waals surface area contributed by atoms with Gasteiger partial charge >= 0.3 is 0 Å². The molecule has 0 atom stereocenters. The van der Waals surface area contributed by atoms with Crippen LogP contribution in [0.15, 0.2) is 26.2 Å². The number of rotatable bonds is 10. The minimum Gasteiger partial charge on any atom is -0.493 e. The highest BCUT2D eigenvalue weighted by Crippen LogP contribution is 2.36. The van der Waals surface area contributed by atoms with Crippen LogP contribution in [-0.2, 0) is 16.1 Å². The number of amides is 1. The molecule has 0 fully saturated rings. The number of ether oxygens (including phenoxy) is 4. The fraction of sp³-hybridized carbons (Fsp3) is 0.333. The van der Waals surface area contributed by atoms with Gasteiger partial charge in [0, 0.05) is 17.1 Å². The summed E-state index contributed by atoms with van der Waals surface area (Å²) >= 11 is 6.84. The molecule has 0 saturated heterocycles. The van der Waals surface area contributed by atoms with Crippen LogP contribution >= 0.6 is 31.9 Å². The lowest BCUT2D eigenvalue weighted by molar-refractivity contribution is -0.123. The van der Waals surface area contributed by atoms with Gasteiger partial charge in [0.25, 0.3) is 5.91 Å². The highest BCUT2D eigenvalue weighted by atomic mass is 79.9. The molecule has 0 aliphatic rings. The smallest absolute Gasteiger partial charge is 0.278 e. The summed E-state index contributed by atoms with van der Waals surface area (Å²) < 4.78 is 22.9. The molecule has 0 aliphatic heterocycles. The summed E-state index contributed by atoms with van der Waals surface area (Å²) in [5.74, 6) is 0.658. The number of halogens is 2. The van der Waals surface area contributed by atoms with Gasteiger partial charge in [-0.3, -0.25) is 4.79 Å². The van der Waals surface area contributed by atoms with Crippen LogP contribution < -0.4 is 19.6 Å². The van der Waals surface area contributed by atoms with Crippen molar-refractivity contribution < 1.29 is 23.7 Å². The Morgan fingerprint density at radius 2 is 2.06 bits per heavy atom. The van der Waals surface area contributed by atoms with E-state index >= 15 is 0 Å². The summed E-state index contributed by atoms with van der Waals surface area (Å²) in [6.45, 7) is 3.95. The van der Waals surface area contributed by atoms with Crippen molar-refractivity contribution in [2.24, 2.45) is 5.10 Å². The molecular formula is C21H22Br2N4O5. The first-order chi connectivity index (χ1) is 15.4. The van der Waals surface area contributed by atoms with Crippen molar-refractivity contribution in [2.45, 2.75) is 20.5 Å². The van der Waals surface area contributed by atoms with E-state index in [4.69, 9.17) is 18.9 Å². The first kappa shape index (κ1) is 25.6. The number of benzene rings is 1. The van der Waals surface area contributed by atoms with E-state index in [0.717, 1.165) is 0 Å². The molecule has 1 amide bonds. The van der Waals surface area contributed by atoms with Gasteiger partial charge in [-0.2, -0.15) is 10.4 Å². The summed E-state index contributed by atoms with van der Waals surface area (Å²) in [5.41, 5.74) is 4.47. The number of methoxy groups -OCH3 is 2. The van der Waals surface area contributed by atoms with Gasteiger partial charge in [0.15, 0.2) is 18.1 Å². The Balaban J connectivity index is 2.06. The standard InChI is InChI=1S/C21H22Br2N4O5/c1-5-31-20-16(22)6-13(7-17(20)30-4)9-25-27-18(28)11-32-21-14(8-24)15(10-29-3)19(23)12(2)26-21/h6-7,9H,5,10-11H2,1-4H3,(H,27,28). The highest BCUT2D eigenvalue weighted by molar-refractivity contribution is 9.10. The number of nitrogens with one attached hydrogen (secondary N) is 1. The Hall–Kier alpha value is -2.68. The van der Waals surface area contributed by atoms with Gasteiger partial charge in [-0.25, -0.2) is 10.4 Å². The van der Waals surface area contributed by atoms with Crippen LogP contribution in [0.5, 0.6) is 17.4 Å². The number of hydrogen-bond acceptors (Lipinski definition) is 8. The topological polar surface area (TPSA) is 115 Å². The quantitative estimate of drug-likeness (QED) is 0.341. The largest absolute Gasteiger partial charge is 0.493 e. The number of hydrogen-bond donors (Lipinski definition) is 1. The summed E-state index contributed by atoms with van der Waals surface area (Å²) in [6.07, 6.45) is 1.46. The molecule has 1 N–H and O–H groups in total. The third kappa shape index (κ3) is 6.41. The maximum Gasteiger partial charge on any atom is 0.278 e. The van der Waals surface area contributed by atoms with Crippen molar-refractivity contribution >= 4 is 44.0 Å². The van der Waals surface area contributed by atoms with Gasteiger partial charge in [-0.1, -0.05) is 0 Å². The Bertz CT molecular complexity index is 1050. The monoisotopic (exact) mass is 568 g/mol. The van der Waals surface area contributed by atoms with E-state index in [1.807, 2.05) is 13.0 Å². The lowest BCUT2D eigenvalue weighted by Gasteiger charge is -2.13. The summed E-state index contributed by atoms with van der Waals surface area (Å²) in [7, 11) is 3.06.